The normalized spacial score (nSPS) is 15.8. The summed E-state index contributed by atoms with van der Waals surface area (Å²) in [5.41, 5.74) is 3.72. The molecule has 1 unspecified atom stereocenters. The van der Waals surface area contributed by atoms with Gasteiger partial charge in [0.25, 0.3) is 0 Å². The zero-order chi connectivity index (χ0) is 15.5. The summed E-state index contributed by atoms with van der Waals surface area (Å²) in [4.78, 5) is 7.04. The highest BCUT2D eigenvalue weighted by molar-refractivity contribution is 6.14. The maximum absolute atomic E-state index is 14.2. The van der Waals surface area contributed by atoms with Gasteiger partial charge in [-0.2, -0.15) is 0 Å². The lowest BCUT2D eigenvalue weighted by Crippen LogP contribution is -2.26. The smallest absolute Gasteiger partial charge is 0.132 e. The van der Waals surface area contributed by atoms with Crippen LogP contribution in [0.2, 0.25) is 0 Å². The van der Waals surface area contributed by atoms with Gasteiger partial charge in [0.1, 0.15) is 5.82 Å². The SMILES string of the molecule is CN(C)CCC1Cc2ccccc2C(c2ccccc2F)=N1.Cl.Cl. The van der Waals surface area contributed by atoms with E-state index in [9.17, 15) is 4.39 Å². The molecule has 1 atom stereocenters. The first-order valence-electron chi connectivity index (χ1n) is 7.71. The van der Waals surface area contributed by atoms with E-state index < -0.39 is 0 Å². The number of benzene rings is 2. The Hall–Kier alpha value is -1.42. The van der Waals surface area contributed by atoms with Crippen molar-refractivity contribution >= 4 is 30.5 Å². The molecule has 2 aromatic carbocycles. The van der Waals surface area contributed by atoms with Crippen LogP contribution >= 0.6 is 24.8 Å². The molecule has 1 aliphatic rings. The summed E-state index contributed by atoms with van der Waals surface area (Å²) in [7, 11) is 4.14. The molecule has 1 aliphatic heterocycles. The van der Waals surface area contributed by atoms with Crippen LogP contribution in [0.15, 0.2) is 53.5 Å². The minimum absolute atomic E-state index is 0. The number of aliphatic imine (C=N–C) groups is 1. The fraction of sp³-hybridized carbons (Fsp3) is 0.316. The Morgan fingerprint density at radius 2 is 1.62 bits per heavy atom. The molecular weight excluding hydrogens is 346 g/mol. The van der Waals surface area contributed by atoms with Gasteiger partial charge in [-0.25, -0.2) is 4.39 Å². The highest BCUT2D eigenvalue weighted by Gasteiger charge is 2.23. The largest absolute Gasteiger partial charge is 0.309 e. The summed E-state index contributed by atoms with van der Waals surface area (Å²) in [6.45, 7) is 0.987. The number of fused-ring (bicyclic) bond motifs is 1. The Balaban J connectivity index is 0.00000144. The number of halogens is 3. The summed E-state index contributed by atoms with van der Waals surface area (Å²) < 4.78 is 14.2. The van der Waals surface area contributed by atoms with Crippen molar-refractivity contribution in [2.24, 2.45) is 4.99 Å². The van der Waals surface area contributed by atoms with Crippen LogP contribution in [0.3, 0.4) is 0 Å². The average molecular weight is 369 g/mol. The van der Waals surface area contributed by atoms with Crippen LogP contribution in [0.4, 0.5) is 4.39 Å². The Morgan fingerprint density at radius 1 is 1.00 bits per heavy atom. The van der Waals surface area contributed by atoms with E-state index >= 15 is 0 Å². The van der Waals surface area contributed by atoms with Crippen LogP contribution in [0, 0.1) is 5.82 Å². The van der Waals surface area contributed by atoms with E-state index in [0.717, 1.165) is 30.7 Å². The Labute approximate surface area is 155 Å². The lowest BCUT2D eigenvalue weighted by Gasteiger charge is -2.25. The summed E-state index contributed by atoms with van der Waals surface area (Å²) in [6, 6.07) is 15.3. The molecule has 3 rings (SSSR count). The maximum Gasteiger partial charge on any atom is 0.132 e. The average Bonchev–Trinajstić information content (AvgIpc) is 2.53. The standard InChI is InChI=1S/C19H21FN2.2ClH/c1-22(2)12-11-15-13-14-7-3-4-8-16(14)19(21-15)17-9-5-6-10-18(17)20;;/h3-10,15H,11-13H2,1-2H3;2*1H. The van der Waals surface area contributed by atoms with E-state index in [1.165, 1.54) is 11.6 Å². The van der Waals surface area contributed by atoms with Crippen molar-refractivity contribution in [3.63, 3.8) is 0 Å². The van der Waals surface area contributed by atoms with Gasteiger partial charge in [-0.05, 0) is 51.2 Å². The first-order chi connectivity index (χ1) is 10.6. The zero-order valence-electron chi connectivity index (χ0n) is 13.9. The van der Waals surface area contributed by atoms with Crippen LogP contribution < -0.4 is 0 Å². The summed E-state index contributed by atoms with van der Waals surface area (Å²) in [6.07, 6.45) is 1.92. The van der Waals surface area contributed by atoms with Crippen LogP contribution in [-0.2, 0) is 6.42 Å². The van der Waals surface area contributed by atoms with Gasteiger partial charge in [-0.1, -0.05) is 36.4 Å². The van der Waals surface area contributed by atoms with E-state index in [2.05, 4.69) is 25.1 Å². The van der Waals surface area contributed by atoms with Gasteiger partial charge < -0.3 is 4.90 Å². The maximum atomic E-state index is 14.2. The fourth-order valence-electron chi connectivity index (χ4n) is 2.92. The van der Waals surface area contributed by atoms with Gasteiger partial charge in [0.2, 0.25) is 0 Å². The number of hydrogen-bond acceptors (Lipinski definition) is 2. The highest BCUT2D eigenvalue weighted by Crippen LogP contribution is 2.25. The molecule has 0 aliphatic carbocycles. The van der Waals surface area contributed by atoms with Crippen molar-refractivity contribution < 1.29 is 4.39 Å². The molecule has 0 fully saturated rings. The van der Waals surface area contributed by atoms with Crippen LogP contribution in [-0.4, -0.2) is 37.3 Å². The molecule has 1 heterocycles. The molecule has 24 heavy (non-hydrogen) atoms. The second-order valence-corrected chi connectivity index (χ2v) is 6.06. The van der Waals surface area contributed by atoms with Gasteiger partial charge in [-0.3, -0.25) is 4.99 Å². The van der Waals surface area contributed by atoms with Gasteiger partial charge in [0.05, 0.1) is 11.8 Å². The molecular formula is C19H23Cl2FN2. The van der Waals surface area contributed by atoms with Crippen molar-refractivity contribution in [2.45, 2.75) is 18.9 Å². The molecule has 0 spiro atoms. The van der Waals surface area contributed by atoms with Gasteiger partial charge in [-0.15, -0.1) is 24.8 Å². The minimum Gasteiger partial charge on any atom is -0.309 e. The number of hydrogen-bond donors (Lipinski definition) is 0. The third-order valence-electron chi connectivity index (χ3n) is 4.08. The van der Waals surface area contributed by atoms with Crippen molar-refractivity contribution in [3.05, 3.63) is 71.0 Å². The third kappa shape index (κ3) is 4.56. The van der Waals surface area contributed by atoms with Crippen molar-refractivity contribution in [2.75, 3.05) is 20.6 Å². The quantitative estimate of drug-likeness (QED) is 0.781. The first-order valence-corrected chi connectivity index (χ1v) is 7.71. The van der Waals surface area contributed by atoms with Crippen LogP contribution in [0.5, 0.6) is 0 Å². The second-order valence-electron chi connectivity index (χ2n) is 6.06. The monoisotopic (exact) mass is 368 g/mol. The molecule has 0 bridgehead atoms. The number of rotatable bonds is 4. The Bertz CT molecular complexity index is 701. The van der Waals surface area contributed by atoms with Gasteiger partial charge in [0.15, 0.2) is 0 Å². The van der Waals surface area contributed by atoms with E-state index in [1.54, 1.807) is 6.07 Å². The van der Waals surface area contributed by atoms with E-state index in [1.807, 2.05) is 30.3 Å². The molecule has 0 N–H and O–H groups in total. The fourth-order valence-corrected chi connectivity index (χ4v) is 2.92. The van der Waals surface area contributed by atoms with E-state index in [-0.39, 0.29) is 36.7 Å². The summed E-state index contributed by atoms with van der Waals surface area (Å²) in [5.74, 6) is -0.204. The van der Waals surface area contributed by atoms with Crippen LogP contribution in [0.25, 0.3) is 0 Å². The van der Waals surface area contributed by atoms with Crippen molar-refractivity contribution in [3.8, 4) is 0 Å². The zero-order valence-corrected chi connectivity index (χ0v) is 15.5. The molecule has 5 heteroatoms. The minimum atomic E-state index is -0.204. The highest BCUT2D eigenvalue weighted by atomic mass is 35.5. The lowest BCUT2D eigenvalue weighted by atomic mass is 9.89. The topological polar surface area (TPSA) is 15.6 Å². The molecule has 0 aromatic heterocycles. The summed E-state index contributed by atoms with van der Waals surface area (Å²) in [5, 5.41) is 0. The predicted octanol–water partition coefficient (Wildman–Crippen LogP) is 4.38. The molecule has 2 aromatic rings. The van der Waals surface area contributed by atoms with Gasteiger partial charge >= 0.3 is 0 Å². The molecule has 130 valence electrons. The molecule has 2 nitrogen and oxygen atoms in total. The Kier molecular flexibility index (Phi) is 7.88. The van der Waals surface area contributed by atoms with Gasteiger partial charge in [0, 0.05) is 11.1 Å². The molecule has 0 saturated heterocycles. The molecule has 0 radical (unpaired) electrons. The van der Waals surface area contributed by atoms with Crippen molar-refractivity contribution in [1.29, 1.82) is 0 Å². The third-order valence-corrected chi connectivity index (χ3v) is 4.08. The first kappa shape index (κ1) is 20.6. The molecule has 0 saturated carbocycles. The predicted molar refractivity (Wildman–Crippen MR) is 104 cm³/mol. The lowest BCUT2D eigenvalue weighted by molar-refractivity contribution is 0.379. The van der Waals surface area contributed by atoms with E-state index in [0.29, 0.717) is 5.56 Å². The number of nitrogens with zero attached hydrogens (tertiary/aromatic N) is 2. The van der Waals surface area contributed by atoms with Crippen LogP contribution in [0.1, 0.15) is 23.1 Å². The molecule has 0 amide bonds. The summed E-state index contributed by atoms with van der Waals surface area (Å²) >= 11 is 0. The van der Waals surface area contributed by atoms with Crippen molar-refractivity contribution in [1.82, 2.24) is 4.90 Å². The second kappa shape index (κ2) is 9.16. The van der Waals surface area contributed by atoms with E-state index in [4.69, 9.17) is 4.99 Å². The Morgan fingerprint density at radius 3 is 2.29 bits per heavy atom.